The Balaban J connectivity index is 2.11. The highest BCUT2D eigenvalue weighted by Crippen LogP contribution is 2.65. The van der Waals surface area contributed by atoms with Crippen LogP contribution in [0.15, 0.2) is 0 Å². The second-order valence-electron chi connectivity index (χ2n) is 9.60. The molecule has 0 aliphatic carbocycles. The molecule has 38 heavy (non-hydrogen) atoms. The van der Waals surface area contributed by atoms with E-state index in [-0.39, 0.29) is 37.2 Å². The largest absolute Gasteiger partial charge is 0.534 e. The molecule has 2 saturated heterocycles. The molecule has 0 aromatic carbocycles. The standard InChI is InChI=1S/C16H32N2O14P4S2/c1-11(15(19)17(35(27,28)29)7-3-5-13(17)33(21,22)23)9-37-38-10-12(2)16(20)18(36(30,31)32)8-4-6-14(18)34(24,25)26/h11-14H,3-10H2,1-2H3,(H6-2,21,22,23,24,25,26,27,28,29,30,31,32)/p+2. The third-order valence-corrected chi connectivity index (χ3v) is 16.1. The lowest BCUT2D eigenvalue weighted by Gasteiger charge is -2.38. The highest BCUT2D eigenvalue weighted by molar-refractivity contribution is 8.76. The molecule has 2 amide bonds. The van der Waals surface area contributed by atoms with Gasteiger partial charge in [0.2, 0.25) is 11.6 Å². The predicted octanol–water partition coefficient (Wildman–Crippen LogP) is 1.11. The Morgan fingerprint density at radius 1 is 0.684 bits per heavy atom. The Labute approximate surface area is 226 Å². The van der Waals surface area contributed by atoms with Crippen LogP contribution in [-0.4, -0.2) is 95.6 Å². The SMILES string of the molecule is CC(CSSCC(C)C(=O)[N+]1(P(=O)(O)O)CCCC1P(=O)(O)O)C(=O)[N+]1(P(=O)(O)O)CCCC1P(=O)(O)O. The van der Waals surface area contributed by atoms with E-state index in [0.717, 1.165) is 21.6 Å². The molecule has 222 valence electrons. The van der Waals surface area contributed by atoms with Gasteiger partial charge in [-0.1, -0.05) is 21.6 Å². The Kier molecular flexibility index (Phi) is 11.0. The number of carbonyl (C=O) groups is 2. The van der Waals surface area contributed by atoms with Crippen molar-refractivity contribution in [3.05, 3.63) is 0 Å². The monoisotopic (exact) mass is 666 g/mol. The number of hydrogen-bond donors (Lipinski definition) is 8. The van der Waals surface area contributed by atoms with Crippen molar-refractivity contribution in [1.29, 1.82) is 0 Å². The maximum atomic E-state index is 13.2. The number of amides is 2. The second kappa shape index (κ2) is 12.0. The molecule has 2 heterocycles. The third kappa shape index (κ3) is 6.62. The maximum Gasteiger partial charge on any atom is 0.534 e. The summed E-state index contributed by atoms with van der Waals surface area (Å²) in [5.41, 5.74) is 0. The topological polar surface area (TPSA) is 264 Å². The van der Waals surface area contributed by atoms with E-state index in [2.05, 4.69) is 0 Å². The first kappa shape index (κ1) is 34.8. The number of hydrogen-bond acceptors (Lipinski definition) is 8. The van der Waals surface area contributed by atoms with Gasteiger partial charge in [0.1, 0.15) is 0 Å². The van der Waals surface area contributed by atoms with Gasteiger partial charge in [0, 0.05) is 37.2 Å². The van der Waals surface area contributed by atoms with Crippen LogP contribution >= 0.6 is 52.3 Å². The van der Waals surface area contributed by atoms with E-state index in [4.69, 9.17) is 0 Å². The number of quaternary nitrogens is 2. The Hall–Kier alpha value is 0.560. The minimum Gasteiger partial charge on any atom is -0.320 e. The average Bonchev–Trinajstić information content (AvgIpc) is 3.40. The molecule has 22 heteroatoms. The molecule has 2 aliphatic heterocycles. The van der Waals surface area contributed by atoms with Crippen LogP contribution in [0.5, 0.6) is 0 Å². The molecule has 0 bridgehead atoms. The molecule has 0 saturated carbocycles. The van der Waals surface area contributed by atoms with Gasteiger partial charge < -0.3 is 19.6 Å². The quantitative estimate of drug-likeness (QED) is 0.0872. The summed E-state index contributed by atoms with van der Waals surface area (Å²) < 4.78 is 45.2. The van der Waals surface area contributed by atoms with Crippen LogP contribution in [0.4, 0.5) is 0 Å². The van der Waals surface area contributed by atoms with Gasteiger partial charge in [-0.3, -0.25) is 28.7 Å². The summed E-state index contributed by atoms with van der Waals surface area (Å²) in [6, 6.07) is 0. The van der Waals surface area contributed by atoms with E-state index in [9.17, 15) is 67.0 Å². The van der Waals surface area contributed by atoms with E-state index in [1.165, 1.54) is 13.8 Å². The molecular formula is C16H34N2O14P4S2+2. The Morgan fingerprint density at radius 3 is 1.21 bits per heavy atom. The van der Waals surface area contributed by atoms with Gasteiger partial charge in [0.15, 0.2) is 0 Å². The zero-order chi connectivity index (χ0) is 29.5. The fraction of sp³-hybridized carbons (Fsp3) is 0.875. The van der Waals surface area contributed by atoms with Crippen LogP contribution < -0.4 is 0 Å². The first-order valence-electron chi connectivity index (χ1n) is 11.4. The van der Waals surface area contributed by atoms with Crippen molar-refractivity contribution in [2.24, 2.45) is 11.8 Å². The van der Waals surface area contributed by atoms with Crippen LogP contribution in [0.3, 0.4) is 0 Å². The first-order valence-corrected chi connectivity index (χ1v) is 20.3. The normalized spacial score (nSPS) is 30.8. The van der Waals surface area contributed by atoms with Crippen LogP contribution in [0.1, 0.15) is 39.5 Å². The number of rotatable bonds is 11. The third-order valence-electron chi connectivity index (χ3n) is 6.94. The molecule has 8 N–H and O–H groups in total. The molecule has 2 aliphatic rings. The smallest absolute Gasteiger partial charge is 0.320 e. The van der Waals surface area contributed by atoms with Crippen LogP contribution in [0.25, 0.3) is 0 Å². The highest BCUT2D eigenvalue weighted by Gasteiger charge is 2.67. The van der Waals surface area contributed by atoms with Crippen LogP contribution in [0, 0.1) is 11.8 Å². The summed E-state index contributed by atoms with van der Waals surface area (Å²) >= 11 is 0. The zero-order valence-corrected chi connectivity index (χ0v) is 25.7. The van der Waals surface area contributed by atoms with Gasteiger partial charge in [-0.2, -0.15) is 8.51 Å². The first-order chi connectivity index (χ1) is 17.0. The number of likely N-dealkylation sites (tertiary alicyclic amines) is 2. The lowest BCUT2D eigenvalue weighted by molar-refractivity contribution is -0.748. The fourth-order valence-electron chi connectivity index (χ4n) is 5.17. The van der Waals surface area contributed by atoms with Crippen LogP contribution in [-0.2, 0) is 27.8 Å². The second-order valence-corrected chi connectivity index (χ2v) is 19.2. The molecule has 16 nitrogen and oxygen atoms in total. The van der Waals surface area contributed by atoms with Crippen molar-refractivity contribution in [2.45, 2.75) is 51.1 Å². The molecular weight excluding hydrogens is 632 g/mol. The molecule has 0 radical (unpaired) electrons. The summed E-state index contributed by atoms with van der Waals surface area (Å²) in [6.45, 7) is 1.82. The van der Waals surface area contributed by atoms with Crippen molar-refractivity contribution in [3.8, 4) is 0 Å². The van der Waals surface area contributed by atoms with Gasteiger partial charge in [0.05, 0.1) is 24.9 Å². The fourth-order valence-corrected chi connectivity index (χ4v) is 14.6. The van der Waals surface area contributed by atoms with Gasteiger partial charge >= 0.3 is 42.5 Å². The highest BCUT2D eigenvalue weighted by atomic mass is 33.1. The summed E-state index contributed by atoms with van der Waals surface area (Å²) in [5, 5.41) is 0. The molecule has 0 spiro atoms. The van der Waals surface area contributed by atoms with Crippen molar-refractivity contribution in [1.82, 2.24) is 0 Å². The molecule has 6 atom stereocenters. The molecule has 2 fully saturated rings. The molecule has 2 rings (SSSR count). The van der Waals surface area contributed by atoms with Crippen molar-refractivity contribution in [2.75, 3.05) is 24.6 Å². The summed E-state index contributed by atoms with van der Waals surface area (Å²) in [7, 11) is -18.8. The van der Waals surface area contributed by atoms with Crippen LogP contribution in [0.2, 0.25) is 0 Å². The average molecular weight is 666 g/mol. The van der Waals surface area contributed by atoms with Crippen molar-refractivity contribution < 1.29 is 75.5 Å². The maximum absolute atomic E-state index is 13.2. The van der Waals surface area contributed by atoms with Gasteiger partial charge in [-0.05, 0) is 13.8 Å². The molecule has 6 unspecified atom stereocenters. The van der Waals surface area contributed by atoms with E-state index in [1.54, 1.807) is 0 Å². The Morgan fingerprint density at radius 2 is 0.974 bits per heavy atom. The molecule has 0 aromatic heterocycles. The van der Waals surface area contributed by atoms with E-state index in [0.29, 0.717) is 0 Å². The zero-order valence-electron chi connectivity index (χ0n) is 20.5. The van der Waals surface area contributed by atoms with Gasteiger partial charge in [0.25, 0.3) is 0 Å². The van der Waals surface area contributed by atoms with Crippen molar-refractivity contribution in [3.63, 3.8) is 0 Å². The van der Waals surface area contributed by atoms with Gasteiger partial charge in [-0.15, -0.1) is 0 Å². The minimum absolute atomic E-state index is 0.0239. The Bertz CT molecular complexity index is 1030. The van der Waals surface area contributed by atoms with E-state index < -0.39 is 87.5 Å². The molecule has 0 aromatic rings. The lowest BCUT2D eigenvalue weighted by atomic mass is 10.2. The summed E-state index contributed by atoms with van der Waals surface area (Å²) in [6.07, 6.45) is -0.443. The summed E-state index contributed by atoms with van der Waals surface area (Å²) in [4.78, 5) is 105. The number of carbonyl (C=O) groups excluding carboxylic acids is 2. The lowest BCUT2D eigenvalue weighted by Crippen LogP contribution is -2.55. The predicted molar refractivity (Wildman–Crippen MR) is 138 cm³/mol. The minimum atomic E-state index is -5.34. The van der Waals surface area contributed by atoms with E-state index in [1.807, 2.05) is 0 Å². The van der Waals surface area contributed by atoms with Gasteiger partial charge in [-0.25, -0.2) is 18.7 Å². The number of nitrogens with zero attached hydrogens (tertiary/aromatic N) is 2. The van der Waals surface area contributed by atoms with E-state index >= 15 is 0 Å². The summed E-state index contributed by atoms with van der Waals surface area (Å²) in [5.74, 6) is -8.08. The van der Waals surface area contributed by atoms with Crippen molar-refractivity contribution >= 4 is 64.1 Å².